The molecule has 0 bridgehead atoms. The summed E-state index contributed by atoms with van der Waals surface area (Å²) in [6, 6.07) is 7.38. The Morgan fingerprint density at radius 1 is 1.38 bits per heavy atom. The predicted molar refractivity (Wildman–Crippen MR) is 106 cm³/mol. The monoisotopic (exact) mass is 360 g/mol. The summed E-state index contributed by atoms with van der Waals surface area (Å²) in [5.41, 5.74) is 6.65. The number of hydrogen-bond acceptors (Lipinski definition) is 6. The largest absolute Gasteiger partial charge is 0.493 e. The molecule has 0 aliphatic carbocycles. The number of nitrogens with zero attached hydrogens (tertiary/aromatic N) is 2. The van der Waals surface area contributed by atoms with E-state index in [4.69, 9.17) is 15.2 Å². The molecule has 142 valence electrons. The minimum Gasteiger partial charge on any atom is -0.493 e. The minimum atomic E-state index is -0.784. The van der Waals surface area contributed by atoms with Crippen LogP contribution in [-0.4, -0.2) is 48.4 Å². The molecule has 0 saturated carbocycles. The van der Waals surface area contributed by atoms with Gasteiger partial charge in [-0.15, -0.1) is 0 Å². The van der Waals surface area contributed by atoms with E-state index in [9.17, 15) is 5.11 Å². The molecule has 0 spiro atoms. The predicted octanol–water partition coefficient (Wildman–Crippen LogP) is 2.83. The molecular formula is C19H28N4O3. The minimum absolute atomic E-state index is 0.373. The van der Waals surface area contributed by atoms with Gasteiger partial charge in [-0.1, -0.05) is 6.07 Å². The van der Waals surface area contributed by atoms with E-state index in [1.54, 1.807) is 27.0 Å². The Morgan fingerprint density at radius 3 is 2.81 bits per heavy atom. The lowest BCUT2D eigenvalue weighted by molar-refractivity contribution is 0.0555. The molecule has 0 atom stereocenters. The first-order valence-electron chi connectivity index (χ1n) is 8.69. The van der Waals surface area contributed by atoms with Gasteiger partial charge < -0.3 is 25.6 Å². The van der Waals surface area contributed by atoms with Crippen molar-refractivity contribution in [2.45, 2.75) is 32.8 Å². The summed E-state index contributed by atoms with van der Waals surface area (Å²) in [6.45, 7) is 6.81. The summed E-state index contributed by atoms with van der Waals surface area (Å²) in [5.74, 6) is 1.76. The van der Waals surface area contributed by atoms with Crippen LogP contribution in [0.4, 0.5) is 11.5 Å². The van der Waals surface area contributed by atoms with Crippen molar-refractivity contribution in [2.24, 2.45) is 4.99 Å². The zero-order valence-electron chi connectivity index (χ0n) is 15.9. The molecule has 2 aromatic rings. The van der Waals surface area contributed by atoms with Crippen LogP contribution >= 0.6 is 0 Å². The number of aliphatic hydroxyl groups is 1. The Hall–Kier alpha value is -2.38. The third kappa shape index (κ3) is 5.57. The van der Waals surface area contributed by atoms with Crippen LogP contribution < -0.4 is 15.8 Å². The number of aliphatic imine (C=N–C) groups is 1. The molecule has 0 amide bonds. The highest BCUT2D eigenvalue weighted by Crippen LogP contribution is 2.33. The average Bonchev–Trinajstić information content (AvgIpc) is 2.57. The molecule has 0 aliphatic rings. The van der Waals surface area contributed by atoms with Crippen molar-refractivity contribution >= 4 is 28.2 Å². The van der Waals surface area contributed by atoms with E-state index in [1.165, 1.54) is 0 Å². The summed E-state index contributed by atoms with van der Waals surface area (Å²) in [5, 5.41) is 14.0. The van der Waals surface area contributed by atoms with Gasteiger partial charge in [0.25, 0.3) is 0 Å². The number of nitrogen functional groups attached to an aromatic ring is 1. The molecule has 0 aliphatic heterocycles. The fourth-order valence-corrected chi connectivity index (χ4v) is 2.42. The van der Waals surface area contributed by atoms with Gasteiger partial charge >= 0.3 is 0 Å². The van der Waals surface area contributed by atoms with Gasteiger partial charge in [0.15, 0.2) is 0 Å². The molecule has 0 fully saturated rings. The van der Waals surface area contributed by atoms with E-state index in [0.29, 0.717) is 43.6 Å². The molecule has 4 N–H and O–H groups in total. The Labute approximate surface area is 154 Å². The van der Waals surface area contributed by atoms with E-state index in [-0.39, 0.29) is 0 Å². The Kier molecular flexibility index (Phi) is 6.76. The number of hydrogen-bond donors (Lipinski definition) is 3. The second-order valence-corrected chi connectivity index (χ2v) is 6.59. The van der Waals surface area contributed by atoms with Crippen molar-refractivity contribution in [3.63, 3.8) is 0 Å². The van der Waals surface area contributed by atoms with Crippen molar-refractivity contribution in [1.29, 1.82) is 0 Å². The number of rotatable bonds is 8. The first-order valence-corrected chi connectivity index (χ1v) is 8.69. The molecular weight excluding hydrogens is 332 g/mol. The van der Waals surface area contributed by atoms with Crippen LogP contribution in [0.25, 0.3) is 10.9 Å². The van der Waals surface area contributed by atoms with Gasteiger partial charge in [0, 0.05) is 26.1 Å². The number of nitrogens with one attached hydrogen (secondary N) is 1. The number of fused-ring (bicyclic) bond motifs is 1. The van der Waals surface area contributed by atoms with Crippen LogP contribution in [0.15, 0.2) is 29.3 Å². The number of anilines is 2. The van der Waals surface area contributed by atoms with Crippen LogP contribution in [0.5, 0.6) is 5.75 Å². The lowest BCUT2D eigenvalue weighted by Crippen LogP contribution is -2.22. The highest BCUT2D eigenvalue weighted by Gasteiger charge is 2.15. The molecule has 26 heavy (non-hydrogen) atoms. The number of ether oxygens (including phenoxy) is 2. The van der Waals surface area contributed by atoms with Gasteiger partial charge in [-0.25, -0.2) is 4.98 Å². The van der Waals surface area contributed by atoms with Gasteiger partial charge in [-0.2, -0.15) is 0 Å². The second kappa shape index (κ2) is 8.82. The van der Waals surface area contributed by atoms with Crippen molar-refractivity contribution in [2.75, 3.05) is 37.9 Å². The highest BCUT2D eigenvalue weighted by atomic mass is 16.5. The normalized spacial score (nSPS) is 12.4. The van der Waals surface area contributed by atoms with Gasteiger partial charge in [0.2, 0.25) is 0 Å². The second-order valence-electron chi connectivity index (χ2n) is 6.59. The van der Waals surface area contributed by atoms with Gasteiger partial charge in [0.1, 0.15) is 24.0 Å². The van der Waals surface area contributed by atoms with E-state index in [1.807, 2.05) is 25.1 Å². The Morgan fingerprint density at radius 2 is 2.15 bits per heavy atom. The van der Waals surface area contributed by atoms with Crippen molar-refractivity contribution in [3.05, 3.63) is 24.3 Å². The zero-order valence-corrected chi connectivity index (χ0v) is 15.9. The number of benzene rings is 1. The molecule has 0 radical (unpaired) electrons. The highest BCUT2D eigenvalue weighted by molar-refractivity contribution is 6.06. The maximum absolute atomic E-state index is 9.88. The van der Waals surface area contributed by atoms with E-state index in [0.717, 1.165) is 16.6 Å². The first kappa shape index (κ1) is 19.9. The summed E-state index contributed by atoms with van der Waals surface area (Å²) in [7, 11) is 1.70. The number of amidine groups is 1. The number of aromatic nitrogens is 1. The maximum atomic E-state index is 9.88. The van der Waals surface area contributed by atoms with Crippen LogP contribution in [0, 0.1) is 0 Å². The summed E-state index contributed by atoms with van der Waals surface area (Å²) >= 11 is 0. The van der Waals surface area contributed by atoms with E-state index in [2.05, 4.69) is 15.3 Å². The fourth-order valence-electron chi connectivity index (χ4n) is 2.42. The third-order valence-electron chi connectivity index (χ3n) is 3.78. The summed E-state index contributed by atoms with van der Waals surface area (Å²) < 4.78 is 11.4. The molecule has 1 aromatic carbocycles. The molecule has 0 saturated heterocycles. The molecule has 7 heteroatoms. The number of nitrogens with two attached hydrogens (primary N) is 1. The van der Waals surface area contributed by atoms with Gasteiger partial charge in [-0.3, -0.25) is 4.99 Å². The SMILES string of the molecule is CCOC/C(=N/C)Nc1cc(N)nc2cccc(OCCC(C)(C)O)c12. The lowest BCUT2D eigenvalue weighted by atomic mass is 10.1. The van der Waals surface area contributed by atoms with Crippen molar-refractivity contribution in [3.8, 4) is 5.75 Å². The smallest absolute Gasteiger partial charge is 0.130 e. The average molecular weight is 360 g/mol. The van der Waals surface area contributed by atoms with Crippen LogP contribution in [0.1, 0.15) is 27.2 Å². The molecule has 2 rings (SSSR count). The summed E-state index contributed by atoms with van der Waals surface area (Å²) in [6.07, 6.45) is 0.514. The zero-order chi connectivity index (χ0) is 19.2. The van der Waals surface area contributed by atoms with Crippen LogP contribution in [-0.2, 0) is 4.74 Å². The standard InChI is InChI=1S/C19H28N4O3/c1-5-25-12-17(21-4)23-14-11-16(20)22-13-7-6-8-15(18(13)14)26-10-9-19(2,3)24/h6-8,11,24H,5,9-10,12H2,1-4H3,(H3,20,21,22,23). The van der Waals surface area contributed by atoms with Gasteiger partial charge in [-0.05, 0) is 32.9 Å². The molecule has 0 unspecified atom stereocenters. The Bertz CT molecular complexity index is 769. The van der Waals surface area contributed by atoms with Crippen molar-refractivity contribution < 1.29 is 14.6 Å². The first-order chi connectivity index (χ1) is 12.3. The fraction of sp³-hybridized carbons (Fsp3) is 0.474. The maximum Gasteiger partial charge on any atom is 0.130 e. The molecule has 7 nitrogen and oxygen atoms in total. The topological polar surface area (TPSA) is 102 Å². The molecule has 1 heterocycles. The van der Waals surface area contributed by atoms with E-state index < -0.39 is 5.60 Å². The van der Waals surface area contributed by atoms with Crippen LogP contribution in [0.2, 0.25) is 0 Å². The van der Waals surface area contributed by atoms with Crippen molar-refractivity contribution in [1.82, 2.24) is 4.98 Å². The quantitative estimate of drug-likeness (QED) is 0.494. The lowest BCUT2D eigenvalue weighted by Gasteiger charge is -2.19. The van der Waals surface area contributed by atoms with E-state index >= 15 is 0 Å². The summed E-state index contributed by atoms with van der Waals surface area (Å²) in [4.78, 5) is 8.61. The van der Waals surface area contributed by atoms with Gasteiger partial charge in [0.05, 0.1) is 28.8 Å². The third-order valence-corrected chi connectivity index (χ3v) is 3.78. The number of pyridine rings is 1. The van der Waals surface area contributed by atoms with Crippen LogP contribution in [0.3, 0.4) is 0 Å². The Balaban J connectivity index is 2.35. The molecule has 1 aromatic heterocycles.